The quantitative estimate of drug-likeness (QED) is 0.731. The van der Waals surface area contributed by atoms with Gasteiger partial charge in [0.05, 0.1) is 17.5 Å². The number of aryl methyl sites for hydroxylation is 1. The van der Waals surface area contributed by atoms with E-state index in [-0.39, 0.29) is 11.6 Å². The number of halogens is 1. The highest BCUT2D eigenvalue weighted by Crippen LogP contribution is 2.22. The van der Waals surface area contributed by atoms with Crippen LogP contribution in [0.25, 0.3) is 5.69 Å². The second-order valence-corrected chi connectivity index (χ2v) is 6.56. The number of nitrogens with zero attached hydrogens (tertiary/aromatic N) is 3. The maximum atomic E-state index is 12.6. The Balaban J connectivity index is 1.89. The Morgan fingerprint density at radius 1 is 1.23 bits per heavy atom. The van der Waals surface area contributed by atoms with Gasteiger partial charge in [-0.05, 0) is 56.2 Å². The zero-order valence-corrected chi connectivity index (χ0v) is 15.4. The monoisotopic (exact) mass is 370 g/mol. The van der Waals surface area contributed by atoms with Crippen molar-refractivity contribution in [2.75, 3.05) is 5.32 Å². The molecule has 3 rings (SSSR count). The number of nitrogens with one attached hydrogen (secondary N) is 1. The molecule has 1 unspecified atom stereocenters. The van der Waals surface area contributed by atoms with E-state index in [2.05, 4.69) is 15.6 Å². The first-order valence-corrected chi connectivity index (χ1v) is 8.53. The van der Waals surface area contributed by atoms with Crippen LogP contribution in [0.4, 0.5) is 5.69 Å². The van der Waals surface area contributed by atoms with Crippen LogP contribution in [-0.2, 0) is 0 Å². The Hall–Kier alpha value is -2.70. The SMILES string of the molecule is Cc1ccc(Cl)cc1-n1nnc(C(=O)Nc2cccc(C(C)O)c2)c1C. The Kier molecular flexibility index (Phi) is 5.06. The molecule has 0 aliphatic heterocycles. The van der Waals surface area contributed by atoms with Crippen LogP contribution in [0.3, 0.4) is 0 Å². The molecule has 1 amide bonds. The molecule has 3 aromatic rings. The van der Waals surface area contributed by atoms with Crippen molar-refractivity contribution >= 4 is 23.2 Å². The lowest BCUT2D eigenvalue weighted by atomic mass is 10.1. The third kappa shape index (κ3) is 3.61. The van der Waals surface area contributed by atoms with Gasteiger partial charge in [-0.3, -0.25) is 4.79 Å². The van der Waals surface area contributed by atoms with Gasteiger partial charge in [-0.25, -0.2) is 4.68 Å². The Labute approximate surface area is 156 Å². The topological polar surface area (TPSA) is 80.0 Å². The number of benzene rings is 2. The lowest BCUT2D eigenvalue weighted by Gasteiger charge is -2.09. The van der Waals surface area contributed by atoms with Crippen molar-refractivity contribution in [3.05, 3.63) is 70.0 Å². The summed E-state index contributed by atoms with van der Waals surface area (Å²) >= 11 is 6.07. The van der Waals surface area contributed by atoms with E-state index < -0.39 is 6.10 Å². The van der Waals surface area contributed by atoms with E-state index in [4.69, 9.17) is 11.6 Å². The minimum atomic E-state index is -0.611. The number of carbonyl (C=O) groups excluding carboxylic acids is 1. The molecule has 0 bridgehead atoms. The molecule has 2 N–H and O–H groups in total. The van der Waals surface area contributed by atoms with Crippen LogP contribution >= 0.6 is 11.6 Å². The van der Waals surface area contributed by atoms with Crippen molar-refractivity contribution in [1.82, 2.24) is 15.0 Å². The van der Waals surface area contributed by atoms with Crippen molar-refractivity contribution in [2.45, 2.75) is 26.9 Å². The van der Waals surface area contributed by atoms with Gasteiger partial charge in [0.25, 0.3) is 5.91 Å². The van der Waals surface area contributed by atoms with Gasteiger partial charge >= 0.3 is 0 Å². The maximum Gasteiger partial charge on any atom is 0.278 e. The highest BCUT2D eigenvalue weighted by molar-refractivity contribution is 6.30. The van der Waals surface area contributed by atoms with Crippen molar-refractivity contribution in [2.24, 2.45) is 0 Å². The number of hydrogen-bond acceptors (Lipinski definition) is 4. The Bertz CT molecular complexity index is 966. The third-order valence-electron chi connectivity index (χ3n) is 4.14. The standard InChI is InChI=1S/C19H19ClN4O2/c1-11-7-8-15(20)10-17(11)24-12(2)18(22-23-24)19(26)21-16-6-4-5-14(9-16)13(3)25/h4-10,13,25H,1-3H3,(H,21,26). The van der Waals surface area contributed by atoms with Crippen molar-refractivity contribution < 1.29 is 9.90 Å². The summed E-state index contributed by atoms with van der Waals surface area (Å²) in [6, 6.07) is 12.5. The molecule has 2 aromatic carbocycles. The molecule has 134 valence electrons. The zero-order chi connectivity index (χ0) is 18.8. The highest BCUT2D eigenvalue weighted by atomic mass is 35.5. The maximum absolute atomic E-state index is 12.6. The van der Waals surface area contributed by atoms with Gasteiger partial charge < -0.3 is 10.4 Å². The zero-order valence-electron chi connectivity index (χ0n) is 14.7. The predicted molar refractivity (Wildman–Crippen MR) is 101 cm³/mol. The molecular formula is C19H19ClN4O2. The van der Waals surface area contributed by atoms with Crippen LogP contribution in [0.2, 0.25) is 5.02 Å². The van der Waals surface area contributed by atoms with Crippen LogP contribution in [-0.4, -0.2) is 26.0 Å². The molecule has 7 heteroatoms. The number of rotatable bonds is 4. The van der Waals surface area contributed by atoms with Gasteiger partial charge in [0.2, 0.25) is 0 Å². The number of carbonyl (C=O) groups is 1. The summed E-state index contributed by atoms with van der Waals surface area (Å²) in [5.74, 6) is -0.365. The number of hydrogen-bond donors (Lipinski definition) is 2. The van der Waals surface area contributed by atoms with E-state index in [1.165, 1.54) is 0 Å². The minimum Gasteiger partial charge on any atom is -0.389 e. The molecule has 0 aliphatic carbocycles. The fraction of sp³-hybridized carbons (Fsp3) is 0.211. The molecule has 1 heterocycles. The molecule has 0 spiro atoms. The van der Waals surface area contributed by atoms with Gasteiger partial charge in [-0.1, -0.05) is 35.0 Å². The van der Waals surface area contributed by atoms with Gasteiger partial charge in [-0.2, -0.15) is 0 Å². The van der Waals surface area contributed by atoms with Gasteiger partial charge in [-0.15, -0.1) is 5.10 Å². The molecule has 0 aliphatic rings. The van der Waals surface area contributed by atoms with Gasteiger partial charge in [0, 0.05) is 10.7 Å². The van der Waals surface area contributed by atoms with E-state index in [1.54, 1.807) is 54.9 Å². The van der Waals surface area contributed by atoms with Gasteiger partial charge in [0.15, 0.2) is 5.69 Å². The fourth-order valence-corrected chi connectivity index (χ4v) is 2.81. The van der Waals surface area contributed by atoms with Crippen LogP contribution in [0.15, 0.2) is 42.5 Å². The van der Waals surface area contributed by atoms with Crippen LogP contribution in [0.5, 0.6) is 0 Å². The number of aliphatic hydroxyl groups excluding tert-OH is 1. The summed E-state index contributed by atoms with van der Waals surface area (Å²) in [5.41, 5.74) is 3.89. The number of aromatic nitrogens is 3. The average molecular weight is 371 g/mol. The first-order valence-electron chi connectivity index (χ1n) is 8.15. The average Bonchev–Trinajstić information content (AvgIpc) is 2.98. The summed E-state index contributed by atoms with van der Waals surface area (Å²) in [6.45, 7) is 5.39. The molecule has 6 nitrogen and oxygen atoms in total. The van der Waals surface area contributed by atoms with Crippen LogP contribution in [0, 0.1) is 13.8 Å². The molecule has 0 saturated heterocycles. The predicted octanol–water partition coefficient (Wildman–Crippen LogP) is 3.84. The number of amides is 1. The Morgan fingerprint density at radius 2 is 2.00 bits per heavy atom. The third-order valence-corrected chi connectivity index (χ3v) is 4.37. The summed E-state index contributed by atoms with van der Waals surface area (Å²) in [5, 5.41) is 21.2. The number of anilines is 1. The normalized spacial score (nSPS) is 12.0. The van der Waals surface area contributed by atoms with E-state index in [0.29, 0.717) is 16.4 Å². The van der Waals surface area contributed by atoms with Crippen molar-refractivity contribution in [1.29, 1.82) is 0 Å². The largest absolute Gasteiger partial charge is 0.389 e. The first kappa shape index (κ1) is 18.1. The van der Waals surface area contributed by atoms with E-state index in [1.807, 2.05) is 13.0 Å². The van der Waals surface area contributed by atoms with Crippen LogP contribution in [0.1, 0.15) is 40.3 Å². The van der Waals surface area contributed by atoms with E-state index in [9.17, 15) is 9.90 Å². The Morgan fingerprint density at radius 3 is 2.73 bits per heavy atom. The fourth-order valence-electron chi connectivity index (χ4n) is 2.65. The van der Waals surface area contributed by atoms with Crippen LogP contribution < -0.4 is 5.32 Å². The summed E-state index contributed by atoms with van der Waals surface area (Å²) < 4.78 is 1.60. The highest BCUT2D eigenvalue weighted by Gasteiger charge is 2.18. The summed E-state index contributed by atoms with van der Waals surface area (Å²) in [6.07, 6.45) is -0.611. The molecule has 0 radical (unpaired) electrons. The lowest BCUT2D eigenvalue weighted by Crippen LogP contribution is -2.14. The summed E-state index contributed by atoms with van der Waals surface area (Å²) in [4.78, 5) is 12.6. The van der Waals surface area contributed by atoms with E-state index >= 15 is 0 Å². The second-order valence-electron chi connectivity index (χ2n) is 6.12. The number of aliphatic hydroxyl groups is 1. The van der Waals surface area contributed by atoms with Gasteiger partial charge in [0.1, 0.15) is 0 Å². The molecule has 1 atom stereocenters. The molecule has 0 fully saturated rings. The summed E-state index contributed by atoms with van der Waals surface area (Å²) in [7, 11) is 0. The smallest absolute Gasteiger partial charge is 0.278 e. The van der Waals surface area contributed by atoms with E-state index in [0.717, 1.165) is 16.8 Å². The first-order chi connectivity index (χ1) is 12.4. The van der Waals surface area contributed by atoms with Crippen molar-refractivity contribution in [3.63, 3.8) is 0 Å². The molecule has 1 aromatic heterocycles. The molecule has 26 heavy (non-hydrogen) atoms. The second kappa shape index (κ2) is 7.27. The molecular weight excluding hydrogens is 352 g/mol. The molecule has 0 saturated carbocycles. The lowest BCUT2D eigenvalue weighted by molar-refractivity contribution is 0.102. The minimum absolute atomic E-state index is 0.229. The van der Waals surface area contributed by atoms with Crippen molar-refractivity contribution in [3.8, 4) is 5.69 Å².